The molecule has 0 bridgehead atoms. The molecule has 0 aliphatic carbocycles. The zero-order chi connectivity index (χ0) is 21.7. The maximum absolute atomic E-state index is 12.8. The van der Waals surface area contributed by atoms with E-state index in [0.29, 0.717) is 47.6 Å². The third kappa shape index (κ3) is 4.67. The van der Waals surface area contributed by atoms with Crippen LogP contribution in [0.2, 0.25) is 0 Å². The van der Waals surface area contributed by atoms with Crippen molar-refractivity contribution in [3.8, 4) is 17.2 Å². The summed E-state index contributed by atoms with van der Waals surface area (Å²) in [6.45, 7) is 2.92. The summed E-state index contributed by atoms with van der Waals surface area (Å²) < 4.78 is 20.8. The van der Waals surface area contributed by atoms with E-state index >= 15 is 0 Å². The molecule has 1 aliphatic rings. The predicted octanol–water partition coefficient (Wildman–Crippen LogP) is 3.33. The number of thiazole rings is 1. The average Bonchev–Trinajstić information content (AvgIpc) is 3.14. The zero-order valence-corrected chi connectivity index (χ0v) is 18.1. The quantitative estimate of drug-likeness (QED) is 0.714. The van der Waals surface area contributed by atoms with Crippen LogP contribution in [0.15, 0.2) is 12.1 Å². The number of aromatic nitrogens is 1. The monoisotopic (exact) mass is 436 g/mol. The highest BCUT2D eigenvalue weighted by molar-refractivity contribution is 7.15. The first kappa shape index (κ1) is 21.5. The number of hydrogen-bond donors (Lipinski definition) is 2. The number of hydrogen-bond acceptors (Lipinski definition) is 8. The Morgan fingerprint density at radius 3 is 2.43 bits per heavy atom. The van der Waals surface area contributed by atoms with Crippen molar-refractivity contribution in [1.29, 1.82) is 0 Å². The van der Waals surface area contributed by atoms with Crippen molar-refractivity contribution in [3.63, 3.8) is 0 Å². The summed E-state index contributed by atoms with van der Waals surface area (Å²) in [5.74, 6) is 1.35. The molecular weight excluding hydrogens is 412 g/mol. The molecule has 1 aliphatic heterocycles. The lowest BCUT2D eigenvalue weighted by Gasteiger charge is -2.26. The number of urea groups is 1. The van der Waals surface area contributed by atoms with Crippen LogP contribution >= 0.6 is 11.3 Å². The summed E-state index contributed by atoms with van der Waals surface area (Å²) in [6.07, 6.45) is 0.0551. The first-order valence-corrected chi connectivity index (χ1v) is 10.1. The smallest absolute Gasteiger partial charge is 0.413 e. The maximum atomic E-state index is 12.8. The van der Waals surface area contributed by atoms with Gasteiger partial charge in [0.15, 0.2) is 16.6 Å². The van der Waals surface area contributed by atoms with Crippen molar-refractivity contribution in [3.05, 3.63) is 22.7 Å². The molecule has 11 heteroatoms. The van der Waals surface area contributed by atoms with Crippen molar-refractivity contribution >= 4 is 34.3 Å². The third-order valence-corrected chi connectivity index (χ3v) is 5.42. The summed E-state index contributed by atoms with van der Waals surface area (Å²) in [7, 11) is 4.55. The Balaban J connectivity index is 1.69. The molecule has 2 aromatic rings. The summed E-state index contributed by atoms with van der Waals surface area (Å²) in [4.78, 5) is 31.4. The zero-order valence-electron chi connectivity index (χ0n) is 17.2. The second kappa shape index (κ2) is 9.53. The molecule has 0 saturated heterocycles. The third-order valence-electron chi connectivity index (χ3n) is 4.42. The van der Waals surface area contributed by atoms with E-state index in [-0.39, 0.29) is 12.6 Å². The second-order valence-corrected chi connectivity index (χ2v) is 7.33. The molecule has 1 aromatic carbocycles. The number of amides is 3. The predicted molar refractivity (Wildman–Crippen MR) is 112 cm³/mol. The van der Waals surface area contributed by atoms with Gasteiger partial charge in [-0.15, -0.1) is 0 Å². The van der Waals surface area contributed by atoms with E-state index in [0.717, 1.165) is 10.6 Å². The molecule has 0 spiro atoms. The standard InChI is InChI=1S/C19H24N4O6S/c1-5-29-19(25)22-17-21-12-6-7-23(10-15(12)30-17)18(24)20-11-8-13(26-2)16(28-4)14(9-11)27-3/h8-9H,5-7,10H2,1-4H3,(H,20,24)(H,21,22,25). The van der Waals surface area contributed by atoms with E-state index in [4.69, 9.17) is 18.9 Å². The number of anilines is 2. The van der Waals surface area contributed by atoms with Crippen LogP contribution in [-0.2, 0) is 17.7 Å². The van der Waals surface area contributed by atoms with Gasteiger partial charge in [-0.3, -0.25) is 5.32 Å². The molecular formula is C19H24N4O6S. The maximum Gasteiger partial charge on any atom is 0.413 e. The molecule has 0 unspecified atom stereocenters. The van der Waals surface area contributed by atoms with Crippen molar-refractivity contribution in [2.45, 2.75) is 19.9 Å². The Morgan fingerprint density at radius 1 is 1.13 bits per heavy atom. The Bertz CT molecular complexity index is 907. The van der Waals surface area contributed by atoms with Gasteiger partial charge >= 0.3 is 12.1 Å². The van der Waals surface area contributed by atoms with Crippen molar-refractivity contribution in [2.24, 2.45) is 0 Å². The lowest BCUT2D eigenvalue weighted by molar-refractivity contribution is 0.168. The summed E-state index contributed by atoms with van der Waals surface area (Å²) in [5.41, 5.74) is 1.40. The highest BCUT2D eigenvalue weighted by Crippen LogP contribution is 2.40. The van der Waals surface area contributed by atoms with Gasteiger partial charge in [0.2, 0.25) is 5.75 Å². The van der Waals surface area contributed by atoms with E-state index in [1.54, 1.807) is 24.0 Å². The van der Waals surface area contributed by atoms with Gasteiger partial charge in [-0.25, -0.2) is 14.6 Å². The fourth-order valence-electron chi connectivity index (χ4n) is 3.03. The van der Waals surface area contributed by atoms with Gasteiger partial charge in [0.1, 0.15) is 0 Å². The highest BCUT2D eigenvalue weighted by Gasteiger charge is 2.25. The van der Waals surface area contributed by atoms with Gasteiger partial charge < -0.3 is 29.2 Å². The molecule has 3 amide bonds. The lowest BCUT2D eigenvalue weighted by Crippen LogP contribution is -2.38. The first-order chi connectivity index (χ1) is 14.5. The Morgan fingerprint density at radius 2 is 1.83 bits per heavy atom. The molecule has 2 N–H and O–H groups in total. The molecule has 10 nitrogen and oxygen atoms in total. The summed E-state index contributed by atoms with van der Waals surface area (Å²) >= 11 is 1.33. The van der Waals surface area contributed by atoms with Gasteiger partial charge in [-0.1, -0.05) is 11.3 Å². The highest BCUT2D eigenvalue weighted by atomic mass is 32.1. The minimum Gasteiger partial charge on any atom is -0.493 e. The fraction of sp³-hybridized carbons (Fsp3) is 0.421. The molecule has 3 rings (SSSR count). The fourth-order valence-corrected chi connectivity index (χ4v) is 4.04. The molecule has 0 saturated carbocycles. The van der Waals surface area contributed by atoms with Crippen molar-refractivity contribution in [2.75, 3.05) is 45.1 Å². The largest absolute Gasteiger partial charge is 0.493 e. The van der Waals surface area contributed by atoms with Crippen LogP contribution in [0.5, 0.6) is 17.2 Å². The molecule has 30 heavy (non-hydrogen) atoms. The normalized spacial score (nSPS) is 12.6. The number of nitrogens with zero attached hydrogens (tertiary/aromatic N) is 2. The van der Waals surface area contributed by atoms with Crippen LogP contribution in [0.3, 0.4) is 0 Å². The van der Waals surface area contributed by atoms with Crippen LogP contribution in [0.25, 0.3) is 0 Å². The number of nitrogens with one attached hydrogen (secondary N) is 2. The van der Waals surface area contributed by atoms with E-state index < -0.39 is 6.09 Å². The molecule has 0 atom stereocenters. The van der Waals surface area contributed by atoms with Crippen LogP contribution in [0.1, 0.15) is 17.5 Å². The molecule has 1 aromatic heterocycles. The van der Waals surface area contributed by atoms with Crippen LogP contribution in [0.4, 0.5) is 20.4 Å². The Hall–Kier alpha value is -3.21. The minimum atomic E-state index is -0.541. The van der Waals surface area contributed by atoms with Gasteiger partial charge in [-0.05, 0) is 6.92 Å². The molecule has 2 heterocycles. The number of methoxy groups -OCH3 is 3. The molecule has 0 fully saturated rings. The van der Waals surface area contributed by atoms with Crippen LogP contribution in [-0.4, -0.2) is 56.5 Å². The lowest BCUT2D eigenvalue weighted by atomic mass is 10.2. The van der Waals surface area contributed by atoms with Crippen LogP contribution < -0.4 is 24.8 Å². The van der Waals surface area contributed by atoms with E-state index in [2.05, 4.69) is 15.6 Å². The SMILES string of the molecule is CCOC(=O)Nc1nc2c(s1)CN(C(=O)Nc1cc(OC)c(OC)c(OC)c1)CC2. The van der Waals surface area contributed by atoms with Crippen molar-refractivity contribution < 1.29 is 28.5 Å². The number of ether oxygens (including phenoxy) is 4. The van der Waals surface area contributed by atoms with E-state index in [1.165, 1.54) is 32.7 Å². The minimum absolute atomic E-state index is 0.261. The Kier molecular flexibility index (Phi) is 6.83. The average molecular weight is 436 g/mol. The molecule has 0 radical (unpaired) electrons. The van der Waals surface area contributed by atoms with Crippen LogP contribution in [0, 0.1) is 0 Å². The Labute approximate surface area is 178 Å². The van der Waals surface area contributed by atoms with Crippen molar-refractivity contribution in [1.82, 2.24) is 9.88 Å². The van der Waals surface area contributed by atoms with Gasteiger partial charge in [0.05, 0.1) is 45.9 Å². The number of rotatable bonds is 6. The van der Waals surface area contributed by atoms with E-state index in [1.807, 2.05) is 0 Å². The second-order valence-electron chi connectivity index (χ2n) is 6.25. The molecule has 162 valence electrons. The number of fused-ring (bicyclic) bond motifs is 1. The van der Waals surface area contributed by atoms with Gasteiger partial charge in [-0.2, -0.15) is 0 Å². The summed E-state index contributed by atoms with van der Waals surface area (Å²) in [6, 6.07) is 3.08. The van der Waals surface area contributed by atoms with E-state index in [9.17, 15) is 9.59 Å². The first-order valence-electron chi connectivity index (χ1n) is 9.27. The summed E-state index contributed by atoms with van der Waals surface area (Å²) in [5, 5.41) is 5.94. The number of carbonyl (C=O) groups excluding carboxylic acids is 2. The number of benzene rings is 1. The topological polar surface area (TPSA) is 111 Å². The van der Waals surface area contributed by atoms with Gasteiger partial charge in [0.25, 0.3) is 0 Å². The van der Waals surface area contributed by atoms with Gasteiger partial charge in [0, 0.05) is 30.0 Å². The number of carbonyl (C=O) groups is 2.